The zero-order valence-corrected chi connectivity index (χ0v) is 12.7. The maximum Gasteiger partial charge on any atom is 0.275 e. The van der Waals surface area contributed by atoms with Gasteiger partial charge in [-0.05, 0) is 43.4 Å². The Bertz CT molecular complexity index is 373. The molecule has 2 N–H and O–H groups in total. The van der Waals surface area contributed by atoms with E-state index >= 15 is 0 Å². The van der Waals surface area contributed by atoms with Crippen molar-refractivity contribution in [2.24, 2.45) is 17.3 Å². The second-order valence-corrected chi connectivity index (χ2v) is 7.81. The van der Waals surface area contributed by atoms with Gasteiger partial charge in [0.1, 0.15) is 0 Å². The number of quaternary nitrogens is 1. The number of amides is 1. The minimum atomic E-state index is 0.0200. The standard InChI is InChI=1S/C16H28N2O/c1-15(2)12-6-7-13(10-12)16(15,3)17-14(19)11-18-8-4-5-9-18/h12-13H,4-11H2,1-3H3,(H,17,19)/p+1/t12-,13-,16-/m1/s1. The Balaban J connectivity index is 1.66. The van der Waals surface area contributed by atoms with Gasteiger partial charge in [0.25, 0.3) is 5.91 Å². The van der Waals surface area contributed by atoms with Gasteiger partial charge in [0.05, 0.1) is 13.1 Å². The predicted octanol–water partition coefficient (Wildman–Crippen LogP) is 0.996. The number of fused-ring (bicyclic) bond motifs is 2. The van der Waals surface area contributed by atoms with Crippen molar-refractivity contribution in [2.75, 3.05) is 19.6 Å². The average molecular weight is 265 g/mol. The fourth-order valence-electron chi connectivity index (χ4n) is 4.99. The van der Waals surface area contributed by atoms with E-state index in [9.17, 15) is 4.79 Å². The van der Waals surface area contributed by atoms with Crippen molar-refractivity contribution in [3.05, 3.63) is 0 Å². The molecule has 0 unspecified atom stereocenters. The Morgan fingerprint density at radius 3 is 2.37 bits per heavy atom. The topological polar surface area (TPSA) is 33.5 Å². The Morgan fingerprint density at radius 2 is 1.79 bits per heavy atom. The van der Waals surface area contributed by atoms with Crippen molar-refractivity contribution in [1.29, 1.82) is 0 Å². The third-order valence-electron chi connectivity index (χ3n) is 6.73. The number of hydrogen-bond donors (Lipinski definition) is 2. The first kappa shape index (κ1) is 13.4. The van der Waals surface area contributed by atoms with E-state index in [-0.39, 0.29) is 16.9 Å². The Kier molecular flexibility index (Phi) is 3.16. The molecule has 3 nitrogen and oxygen atoms in total. The number of nitrogens with one attached hydrogen (secondary N) is 2. The molecule has 3 fully saturated rings. The number of carbonyl (C=O) groups is 1. The largest absolute Gasteiger partial charge is 0.345 e. The van der Waals surface area contributed by atoms with Crippen LogP contribution in [0.25, 0.3) is 0 Å². The van der Waals surface area contributed by atoms with Crippen molar-refractivity contribution in [1.82, 2.24) is 5.32 Å². The lowest BCUT2D eigenvalue weighted by atomic mass is 9.64. The molecule has 0 aromatic rings. The van der Waals surface area contributed by atoms with E-state index in [2.05, 4.69) is 26.1 Å². The summed E-state index contributed by atoms with van der Waals surface area (Å²) in [5, 5.41) is 3.44. The van der Waals surface area contributed by atoms with Gasteiger partial charge < -0.3 is 10.2 Å². The summed E-state index contributed by atoms with van der Waals surface area (Å²) >= 11 is 0. The molecular weight excluding hydrogens is 236 g/mol. The van der Waals surface area contributed by atoms with Crippen LogP contribution in [-0.4, -0.2) is 31.1 Å². The highest BCUT2D eigenvalue weighted by molar-refractivity contribution is 5.78. The molecule has 0 spiro atoms. The Morgan fingerprint density at radius 1 is 1.16 bits per heavy atom. The number of hydrogen-bond acceptors (Lipinski definition) is 1. The second-order valence-electron chi connectivity index (χ2n) is 7.81. The number of rotatable bonds is 3. The molecule has 1 heterocycles. The van der Waals surface area contributed by atoms with Gasteiger partial charge >= 0.3 is 0 Å². The summed E-state index contributed by atoms with van der Waals surface area (Å²) in [6.07, 6.45) is 6.56. The molecule has 1 saturated heterocycles. The fourth-order valence-corrected chi connectivity index (χ4v) is 4.99. The quantitative estimate of drug-likeness (QED) is 0.784. The molecule has 0 aromatic heterocycles. The second kappa shape index (κ2) is 4.47. The van der Waals surface area contributed by atoms with Crippen molar-refractivity contribution in [3.63, 3.8) is 0 Å². The van der Waals surface area contributed by atoms with Crippen LogP contribution in [0.4, 0.5) is 0 Å². The summed E-state index contributed by atoms with van der Waals surface area (Å²) in [7, 11) is 0. The van der Waals surface area contributed by atoms with Crippen LogP contribution in [0, 0.1) is 17.3 Å². The highest BCUT2D eigenvalue weighted by Crippen LogP contribution is 2.61. The molecule has 2 aliphatic carbocycles. The van der Waals surface area contributed by atoms with Gasteiger partial charge in [0.15, 0.2) is 6.54 Å². The van der Waals surface area contributed by atoms with Gasteiger partial charge in [-0.3, -0.25) is 4.79 Å². The highest BCUT2D eigenvalue weighted by Gasteiger charge is 2.60. The average Bonchev–Trinajstić information content (AvgIpc) is 2.99. The molecule has 3 aliphatic rings. The maximum atomic E-state index is 12.4. The summed E-state index contributed by atoms with van der Waals surface area (Å²) in [5.74, 6) is 1.78. The molecule has 2 saturated carbocycles. The molecule has 3 atom stereocenters. The van der Waals surface area contributed by atoms with E-state index in [1.165, 1.54) is 50.1 Å². The van der Waals surface area contributed by atoms with E-state index in [0.717, 1.165) is 5.92 Å². The first-order valence-corrected chi connectivity index (χ1v) is 8.08. The van der Waals surface area contributed by atoms with Crippen LogP contribution in [0.3, 0.4) is 0 Å². The smallest absolute Gasteiger partial charge is 0.275 e. The van der Waals surface area contributed by atoms with E-state index < -0.39 is 0 Å². The fraction of sp³-hybridized carbons (Fsp3) is 0.938. The number of carbonyl (C=O) groups excluding carboxylic acids is 1. The molecule has 1 amide bonds. The predicted molar refractivity (Wildman–Crippen MR) is 76.0 cm³/mol. The molecule has 3 rings (SSSR count). The minimum absolute atomic E-state index is 0.0200. The van der Waals surface area contributed by atoms with E-state index in [4.69, 9.17) is 0 Å². The molecule has 19 heavy (non-hydrogen) atoms. The molecule has 1 aliphatic heterocycles. The van der Waals surface area contributed by atoms with Gasteiger partial charge in [-0.2, -0.15) is 0 Å². The Labute approximate surface area is 117 Å². The van der Waals surface area contributed by atoms with Crippen LogP contribution in [0.1, 0.15) is 52.9 Å². The zero-order valence-electron chi connectivity index (χ0n) is 12.7. The molecule has 0 aromatic carbocycles. The van der Waals surface area contributed by atoms with Crippen LogP contribution < -0.4 is 10.2 Å². The molecule has 2 bridgehead atoms. The van der Waals surface area contributed by atoms with Gasteiger partial charge in [-0.25, -0.2) is 0 Å². The summed E-state index contributed by atoms with van der Waals surface area (Å²) in [5.41, 5.74) is 0.276. The first-order valence-electron chi connectivity index (χ1n) is 8.08. The van der Waals surface area contributed by atoms with Crippen LogP contribution in [0.15, 0.2) is 0 Å². The minimum Gasteiger partial charge on any atom is -0.345 e. The maximum absolute atomic E-state index is 12.4. The lowest BCUT2D eigenvalue weighted by Gasteiger charge is -2.48. The summed E-state index contributed by atoms with van der Waals surface area (Å²) in [6, 6.07) is 0. The van der Waals surface area contributed by atoms with E-state index in [1.807, 2.05) is 0 Å². The van der Waals surface area contributed by atoms with E-state index in [1.54, 1.807) is 0 Å². The normalized spacial score (nSPS) is 40.8. The van der Waals surface area contributed by atoms with Crippen molar-refractivity contribution in [3.8, 4) is 0 Å². The molecule has 0 radical (unpaired) electrons. The SMILES string of the molecule is CC1(C)[C@@H]2CC[C@H](C2)[C@@]1(C)NC(=O)C[NH+]1CCCC1. The van der Waals surface area contributed by atoms with Gasteiger partial charge in [0.2, 0.25) is 0 Å². The monoisotopic (exact) mass is 265 g/mol. The molecular formula is C16H29N2O+. The number of likely N-dealkylation sites (tertiary alicyclic amines) is 1. The third kappa shape index (κ3) is 2.01. The van der Waals surface area contributed by atoms with E-state index in [0.29, 0.717) is 12.5 Å². The van der Waals surface area contributed by atoms with Crippen LogP contribution in [0.2, 0.25) is 0 Å². The van der Waals surface area contributed by atoms with Crippen molar-refractivity contribution in [2.45, 2.75) is 58.4 Å². The van der Waals surface area contributed by atoms with Gasteiger partial charge in [0, 0.05) is 18.4 Å². The van der Waals surface area contributed by atoms with Crippen molar-refractivity contribution >= 4 is 5.91 Å². The summed E-state index contributed by atoms with van der Waals surface area (Å²) < 4.78 is 0. The van der Waals surface area contributed by atoms with Crippen LogP contribution in [0.5, 0.6) is 0 Å². The van der Waals surface area contributed by atoms with Gasteiger partial charge in [-0.15, -0.1) is 0 Å². The molecule has 108 valence electrons. The third-order valence-corrected chi connectivity index (χ3v) is 6.73. The highest BCUT2D eigenvalue weighted by atomic mass is 16.2. The lowest BCUT2D eigenvalue weighted by Crippen LogP contribution is -3.11. The zero-order chi connectivity index (χ0) is 13.7. The van der Waals surface area contributed by atoms with Crippen LogP contribution in [-0.2, 0) is 4.79 Å². The molecule has 3 heteroatoms. The van der Waals surface area contributed by atoms with Crippen molar-refractivity contribution < 1.29 is 9.69 Å². The first-order chi connectivity index (χ1) is 8.93. The summed E-state index contributed by atoms with van der Waals surface area (Å²) in [4.78, 5) is 13.9. The summed E-state index contributed by atoms with van der Waals surface area (Å²) in [6.45, 7) is 10.1. The Hall–Kier alpha value is -0.570. The van der Waals surface area contributed by atoms with Gasteiger partial charge in [-0.1, -0.05) is 13.8 Å². The lowest BCUT2D eigenvalue weighted by molar-refractivity contribution is -0.879. The van der Waals surface area contributed by atoms with Crippen LogP contribution >= 0.6 is 0 Å².